The van der Waals surface area contributed by atoms with E-state index in [1.165, 1.54) is 0 Å². The van der Waals surface area contributed by atoms with E-state index >= 15 is 0 Å². The number of methoxy groups -OCH3 is 1. The molecular weight excluding hydrogens is 436 g/mol. The molecule has 1 saturated heterocycles. The molecule has 0 saturated carbocycles. The number of anilines is 3. The highest BCUT2D eigenvalue weighted by Crippen LogP contribution is 2.33. The average molecular weight is 461 g/mol. The van der Waals surface area contributed by atoms with Crippen LogP contribution in [0.25, 0.3) is 10.2 Å². The van der Waals surface area contributed by atoms with Crippen LogP contribution in [0.5, 0.6) is 5.75 Å². The summed E-state index contributed by atoms with van der Waals surface area (Å²) in [7, 11) is -1.72. The van der Waals surface area contributed by atoms with Gasteiger partial charge < -0.3 is 15.0 Å². The minimum Gasteiger partial charge on any atom is -0.497 e. The molecule has 2 aromatic carbocycles. The van der Waals surface area contributed by atoms with Crippen molar-refractivity contribution in [2.45, 2.75) is 12.8 Å². The van der Waals surface area contributed by atoms with Crippen LogP contribution in [-0.4, -0.2) is 45.8 Å². The number of rotatable bonds is 6. The molecule has 0 unspecified atom stereocenters. The van der Waals surface area contributed by atoms with Crippen LogP contribution in [-0.2, 0) is 14.8 Å². The number of ether oxygens (including phenoxy) is 1. The first-order valence-corrected chi connectivity index (χ1v) is 12.6. The second kappa shape index (κ2) is 8.72. The first-order valence-electron chi connectivity index (χ1n) is 9.89. The van der Waals surface area contributed by atoms with Crippen molar-refractivity contribution in [1.82, 2.24) is 4.98 Å². The molecule has 3 aromatic rings. The zero-order chi connectivity index (χ0) is 22.0. The van der Waals surface area contributed by atoms with Gasteiger partial charge in [0.25, 0.3) is 0 Å². The summed E-state index contributed by atoms with van der Waals surface area (Å²) in [5, 5.41) is 3.87. The summed E-state index contributed by atoms with van der Waals surface area (Å²) in [5.74, 6) is 0.663. The van der Waals surface area contributed by atoms with Gasteiger partial charge in [0.05, 0.1) is 29.3 Å². The van der Waals surface area contributed by atoms with E-state index in [1.54, 1.807) is 42.7 Å². The number of carbonyl (C=O) groups is 1. The van der Waals surface area contributed by atoms with Crippen LogP contribution in [0.1, 0.15) is 12.8 Å². The lowest BCUT2D eigenvalue weighted by atomic mass is 9.96. The third kappa shape index (κ3) is 5.26. The number of piperidine rings is 1. The lowest BCUT2D eigenvalue weighted by Gasteiger charge is -2.31. The standard InChI is InChI=1S/C21H24N4O4S2/c1-29-17-6-7-18-19(13-17)30-21(23-18)25-10-8-14(9-11-25)20(26)22-15-4-3-5-16(12-15)24-31(2,27)28/h3-7,12-14,24H,8-11H2,1-2H3,(H,22,26). The van der Waals surface area contributed by atoms with Crippen molar-refractivity contribution in [2.24, 2.45) is 5.92 Å². The van der Waals surface area contributed by atoms with Crippen molar-refractivity contribution >= 4 is 54.0 Å². The van der Waals surface area contributed by atoms with Gasteiger partial charge in [-0.2, -0.15) is 0 Å². The lowest BCUT2D eigenvalue weighted by molar-refractivity contribution is -0.120. The zero-order valence-corrected chi connectivity index (χ0v) is 18.9. The molecule has 10 heteroatoms. The molecule has 0 atom stereocenters. The third-order valence-corrected chi connectivity index (χ3v) is 6.84. The molecule has 31 heavy (non-hydrogen) atoms. The van der Waals surface area contributed by atoms with Gasteiger partial charge in [-0.05, 0) is 49.2 Å². The first-order chi connectivity index (χ1) is 14.8. The SMILES string of the molecule is COc1ccc2nc(N3CCC(C(=O)Nc4cccc(NS(C)(=O)=O)c4)CC3)sc2c1. The Hall–Kier alpha value is -2.85. The summed E-state index contributed by atoms with van der Waals surface area (Å²) >= 11 is 1.63. The summed E-state index contributed by atoms with van der Waals surface area (Å²) in [5.41, 5.74) is 1.94. The fourth-order valence-electron chi connectivity index (χ4n) is 3.61. The van der Waals surface area contributed by atoms with Gasteiger partial charge in [0.1, 0.15) is 5.75 Å². The van der Waals surface area contributed by atoms with E-state index in [9.17, 15) is 13.2 Å². The van der Waals surface area contributed by atoms with Gasteiger partial charge in [0.2, 0.25) is 15.9 Å². The highest BCUT2D eigenvalue weighted by molar-refractivity contribution is 7.92. The molecule has 0 spiro atoms. The molecule has 1 aliphatic heterocycles. The van der Waals surface area contributed by atoms with Crippen molar-refractivity contribution in [2.75, 3.05) is 41.4 Å². The number of carbonyl (C=O) groups excluding carboxylic acids is 1. The number of nitrogens with one attached hydrogen (secondary N) is 2. The van der Waals surface area contributed by atoms with Gasteiger partial charge in [0, 0.05) is 24.7 Å². The van der Waals surface area contributed by atoms with Gasteiger partial charge in [-0.1, -0.05) is 17.4 Å². The van der Waals surface area contributed by atoms with Gasteiger partial charge in [-0.3, -0.25) is 9.52 Å². The van der Waals surface area contributed by atoms with Crippen LogP contribution in [0.15, 0.2) is 42.5 Å². The Labute approximate surface area is 185 Å². The molecule has 0 bridgehead atoms. The van der Waals surface area contributed by atoms with E-state index in [-0.39, 0.29) is 11.8 Å². The number of sulfonamides is 1. The van der Waals surface area contributed by atoms with Crippen LogP contribution >= 0.6 is 11.3 Å². The van der Waals surface area contributed by atoms with Gasteiger partial charge in [-0.25, -0.2) is 13.4 Å². The van der Waals surface area contributed by atoms with E-state index in [0.29, 0.717) is 11.4 Å². The predicted molar refractivity (Wildman–Crippen MR) is 125 cm³/mol. The Morgan fingerprint density at radius 1 is 1.16 bits per heavy atom. The smallest absolute Gasteiger partial charge is 0.229 e. The van der Waals surface area contributed by atoms with Crippen LogP contribution in [0.2, 0.25) is 0 Å². The monoisotopic (exact) mass is 460 g/mol. The highest BCUT2D eigenvalue weighted by atomic mass is 32.2. The molecule has 1 amide bonds. The molecule has 2 N–H and O–H groups in total. The van der Waals surface area contributed by atoms with E-state index < -0.39 is 10.0 Å². The lowest BCUT2D eigenvalue weighted by Crippen LogP contribution is -2.38. The quantitative estimate of drug-likeness (QED) is 0.584. The number of hydrogen-bond acceptors (Lipinski definition) is 7. The molecule has 2 heterocycles. The Morgan fingerprint density at radius 2 is 1.90 bits per heavy atom. The minimum absolute atomic E-state index is 0.0507. The van der Waals surface area contributed by atoms with Gasteiger partial charge in [-0.15, -0.1) is 0 Å². The van der Waals surface area contributed by atoms with Crippen molar-refractivity contribution in [3.8, 4) is 5.75 Å². The number of amides is 1. The fraction of sp³-hybridized carbons (Fsp3) is 0.333. The highest BCUT2D eigenvalue weighted by Gasteiger charge is 2.26. The van der Waals surface area contributed by atoms with E-state index in [1.807, 2.05) is 18.2 Å². The molecule has 4 rings (SSSR count). The number of thiazole rings is 1. The van der Waals surface area contributed by atoms with E-state index in [0.717, 1.165) is 53.3 Å². The summed E-state index contributed by atoms with van der Waals surface area (Å²) in [6.45, 7) is 1.51. The number of aromatic nitrogens is 1. The average Bonchev–Trinajstić information content (AvgIpc) is 3.16. The second-order valence-electron chi connectivity index (χ2n) is 7.54. The maximum atomic E-state index is 12.7. The van der Waals surface area contributed by atoms with Gasteiger partial charge in [0.15, 0.2) is 5.13 Å². The summed E-state index contributed by atoms with van der Waals surface area (Å²) in [6.07, 6.45) is 2.55. The van der Waals surface area contributed by atoms with Crippen molar-refractivity contribution < 1.29 is 17.9 Å². The molecule has 1 aliphatic rings. The summed E-state index contributed by atoms with van der Waals surface area (Å²) in [4.78, 5) is 19.7. The normalized spacial score (nSPS) is 15.1. The topological polar surface area (TPSA) is 101 Å². The van der Waals surface area contributed by atoms with Crippen molar-refractivity contribution in [3.05, 3.63) is 42.5 Å². The molecule has 0 radical (unpaired) electrons. The number of hydrogen-bond donors (Lipinski definition) is 2. The van der Waals surface area contributed by atoms with Crippen LogP contribution < -0.4 is 19.7 Å². The maximum Gasteiger partial charge on any atom is 0.229 e. The molecule has 164 valence electrons. The Kier molecular flexibility index (Phi) is 6.01. The molecule has 8 nitrogen and oxygen atoms in total. The molecule has 1 fully saturated rings. The van der Waals surface area contributed by atoms with Crippen LogP contribution in [0, 0.1) is 5.92 Å². The Morgan fingerprint density at radius 3 is 2.61 bits per heavy atom. The van der Waals surface area contributed by atoms with Crippen LogP contribution in [0.3, 0.4) is 0 Å². The minimum atomic E-state index is -3.37. The van der Waals surface area contributed by atoms with Crippen LogP contribution in [0.4, 0.5) is 16.5 Å². The Balaban J connectivity index is 1.36. The largest absolute Gasteiger partial charge is 0.497 e. The van der Waals surface area contributed by atoms with E-state index in [4.69, 9.17) is 9.72 Å². The first kappa shape index (κ1) is 21.4. The third-order valence-electron chi connectivity index (χ3n) is 5.15. The fourth-order valence-corrected chi connectivity index (χ4v) is 5.21. The van der Waals surface area contributed by atoms with E-state index in [2.05, 4.69) is 14.9 Å². The summed E-state index contributed by atoms with van der Waals surface area (Å²) in [6, 6.07) is 12.6. The van der Waals surface area contributed by atoms with Crippen molar-refractivity contribution in [3.63, 3.8) is 0 Å². The number of fused-ring (bicyclic) bond motifs is 1. The molecular formula is C21H24N4O4S2. The molecule has 1 aromatic heterocycles. The molecule has 0 aliphatic carbocycles. The zero-order valence-electron chi connectivity index (χ0n) is 17.3. The second-order valence-corrected chi connectivity index (χ2v) is 10.3. The van der Waals surface area contributed by atoms with Gasteiger partial charge >= 0.3 is 0 Å². The number of benzene rings is 2. The predicted octanol–water partition coefficient (Wildman–Crippen LogP) is 3.53. The van der Waals surface area contributed by atoms with Crippen molar-refractivity contribution in [1.29, 1.82) is 0 Å². The Bertz CT molecular complexity index is 1200. The maximum absolute atomic E-state index is 12.7. The summed E-state index contributed by atoms with van der Waals surface area (Å²) < 4.78 is 31.6. The number of nitrogens with zero attached hydrogens (tertiary/aromatic N) is 2.